The molecule has 2 aliphatic rings. The topological polar surface area (TPSA) is 46.6 Å². The number of rotatable bonds is 4. The maximum absolute atomic E-state index is 13.3. The first-order valence-electron chi connectivity index (χ1n) is 9.32. The van der Waals surface area contributed by atoms with Gasteiger partial charge >= 0.3 is 5.97 Å². The van der Waals surface area contributed by atoms with Crippen LogP contribution in [0.15, 0.2) is 35.0 Å². The molecule has 1 fully saturated rings. The van der Waals surface area contributed by atoms with Crippen LogP contribution >= 0.6 is 23.2 Å². The lowest BCUT2D eigenvalue weighted by molar-refractivity contribution is -0.138. The van der Waals surface area contributed by atoms with Gasteiger partial charge in [-0.1, -0.05) is 48.5 Å². The quantitative estimate of drug-likeness (QED) is 0.496. The van der Waals surface area contributed by atoms with Gasteiger partial charge in [-0.3, -0.25) is 4.79 Å². The summed E-state index contributed by atoms with van der Waals surface area (Å²) in [6, 6.07) is 5.20. The zero-order valence-electron chi connectivity index (χ0n) is 15.6. The van der Waals surface area contributed by atoms with Crippen molar-refractivity contribution in [1.29, 1.82) is 0 Å². The zero-order chi connectivity index (χ0) is 19.6. The third kappa shape index (κ3) is 4.07. The van der Waals surface area contributed by atoms with E-state index in [0.29, 0.717) is 32.5 Å². The summed E-state index contributed by atoms with van der Waals surface area (Å²) in [7, 11) is 0. The molecule has 0 aromatic heterocycles. The smallest absolute Gasteiger partial charge is 0.340 e. The van der Waals surface area contributed by atoms with Crippen LogP contribution < -0.4 is 0 Å². The van der Waals surface area contributed by atoms with Gasteiger partial charge in [0.25, 0.3) is 5.91 Å². The van der Waals surface area contributed by atoms with E-state index >= 15 is 0 Å². The van der Waals surface area contributed by atoms with Crippen molar-refractivity contribution in [3.63, 3.8) is 0 Å². The molecule has 27 heavy (non-hydrogen) atoms. The minimum absolute atomic E-state index is 0.127. The minimum atomic E-state index is -0.474. The highest BCUT2D eigenvalue weighted by molar-refractivity contribution is 6.35. The Balaban J connectivity index is 2.06. The summed E-state index contributed by atoms with van der Waals surface area (Å²) >= 11 is 12.2. The number of esters is 1. The maximum Gasteiger partial charge on any atom is 0.340 e. The van der Waals surface area contributed by atoms with E-state index in [1.807, 2.05) is 6.92 Å². The van der Waals surface area contributed by atoms with Gasteiger partial charge in [-0.15, -0.1) is 0 Å². The standard InChI is InChI=1S/C21H23Cl2NO3/c1-3-27-21(26)19-13(2)24(16-7-5-4-6-8-16)20(25)17(19)11-14-9-10-15(22)12-18(14)23/h9-12,16H,3-8H2,1-2H3. The molecular weight excluding hydrogens is 385 g/mol. The van der Waals surface area contributed by atoms with E-state index < -0.39 is 5.97 Å². The number of benzene rings is 1. The summed E-state index contributed by atoms with van der Waals surface area (Å²) in [5.41, 5.74) is 1.98. The van der Waals surface area contributed by atoms with Crippen LogP contribution in [0.4, 0.5) is 0 Å². The number of ether oxygens (including phenoxy) is 1. The van der Waals surface area contributed by atoms with Crippen LogP contribution in [0.1, 0.15) is 51.5 Å². The van der Waals surface area contributed by atoms with Crippen LogP contribution in [-0.4, -0.2) is 29.4 Å². The van der Waals surface area contributed by atoms with Gasteiger partial charge in [-0.25, -0.2) is 4.79 Å². The molecule has 0 bridgehead atoms. The molecule has 1 aromatic rings. The molecule has 1 aromatic carbocycles. The Morgan fingerprint density at radius 1 is 1.26 bits per heavy atom. The van der Waals surface area contributed by atoms with Crippen LogP contribution in [0.2, 0.25) is 10.0 Å². The van der Waals surface area contributed by atoms with Crippen molar-refractivity contribution < 1.29 is 14.3 Å². The fraction of sp³-hybridized carbons (Fsp3) is 0.429. The lowest BCUT2D eigenvalue weighted by atomic mass is 9.94. The van der Waals surface area contributed by atoms with E-state index in [9.17, 15) is 9.59 Å². The second-order valence-electron chi connectivity index (χ2n) is 6.87. The molecule has 4 nitrogen and oxygen atoms in total. The molecule has 0 atom stereocenters. The van der Waals surface area contributed by atoms with Gasteiger partial charge in [0, 0.05) is 21.8 Å². The lowest BCUT2D eigenvalue weighted by Gasteiger charge is -2.32. The van der Waals surface area contributed by atoms with E-state index in [4.69, 9.17) is 27.9 Å². The molecular formula is C21H23Cl2NO3. The molecule has 1 aliphatic heterocycles. The average molecular weight is 408 g/mol. The average Bonchev–Trinajstić information content (AvgIpc) is 2.88. The number of hydrogen-bond acceptors (Lipinski definition) is 3. The molecule has 6 heteroatoms. The van der Waals surface area contributed by atoms with Crippen molar-refractivity contribution in [1.82, 2.24) is 4.90 Å². The number of allylic oxidation sites excluding steroid dienone is 1. The molecule has 0 unspecified atom stereocenters. The third-order valence-electron chi connectivity index (χ3n) is 5.12. The monoisotopic (exact) mass is 407 g/mol. The third-order valence-corrected chi connectivity index (χ3v) is 5.69. The first-order chi connectivity index (χ1) is 12.9. The Morgan fingerprint density at radius 3 is 2.59 bits per heavy atom. The fourth-order valence-corrected chi connectivity index (χ4v) is 4.32. The number of hydrogen-bond donors (Lipinski definition) is 0. The van der Waals surface area contributed by atoms with Crippen molar-refractivity contribution in [3.8, 4) is 0 Å². The Morgan fingerprint density at radius 2 is 1.96 bits per heavy atom. The molecule has 0 spiro atoms. The van der Waals surface area contributed by atoms with Crippen LogP contribution in [0.25, 0.3) is 6.08 Å². The van der Waals surface area contributed by atoms with Gasteiger partial charge in [-0.2, -0.15) is 0 Å². The second kappa shape index (κ2) is 8.49. The predicted molar refractivity (Wildman–Crippen MR) is 107 cm³/mol. The van der Waals surface area contributed by atoms with Crippen molar-refractivity contribution in [3.05, 3.63) is 50.7 Å². The number of halogens is 2. The van der Waals surface area contributed by atoms with Gasteiger partial charge in [-0.05, 0) is 50.5 Å². The number of nitrogens with zero attached hydrogens (tertiary/aromatic N) is 1. The van der Waals surface area contributed by atoms with Crippen LogP contribution in [0.5, 0.6) is 0 Å². The van der Waals surface area contributed by atoms with E-state index in [1.54, 1.807) is 36.1 Å². The molecule has 144 valence electrons. The summed E-state index contributed by atoms with van der Waals surface area (Å²) in [6.45, 7) is 3.83. The SMILES string of the molecule is CCOC(=O)C1=C(C)N(C2CCCCC2)C(=O)C1=Cc1ccc(Cl)cc1Cl. The van der Waals surface area contributed by atoms with Gasteiger partial charge in [0.1, 0.15) is 0 Å². The normalized spacial score (nSPS) is 19.9. The Labute approximate surface area is 169 Å². The van der Waals surface area contributed by atoms with Crippen LogP contribution in [0.3, 0.4) is 0 Å². The highest BCUT2D eigenvalue weighted by Gasteiger charge is 2.40. The molecule has 0 saturated heterocycles. The van der Waals surface area contributed by atoms with Crippen molar-refractivity contribution in [2.24, 2.45) is 0 Å². The zero-order valence-corrected chi connectivity index (χ0v) is 17.1. The summed E-state index contributed by atoms with van der Waals surface area (Å²) in [5.74, 6) is -0.633. The van der Waals surface area contributed by atoms with Crippen molar-refractivity contribution >= 4 is 41.2 Å². The largest absolute Gasteiger partial charge is 0.462 e. The summed E-state index contributed by atoms with van der Waals surface area (Å²) < 4.78 is 5.23. The Bertz CT molecular complexity index is 823. The van der Waals surface area contributed by atoms with Crippen molar-refractivity contribution in [2.75, 3.05) is 6.61 Å². The van der Waals surface area contributed by atoms with Crippen LogP contribution in [0, 0.1) is 0 Å². The first kappa shape index (κ1) is 20.0. The minimum Gasteiger partial charge on any atom is -0.462 e. The van der Waals surface area contributed by atoms with Crippen molar-refractivity contribution in [2.45, 2.75) is 52.0 Å². The number of amides is 1. The van der Waals surface area contributed by atoms with Gasteiger partial charge in [0.15, 0.2) is 0 Å². The molecule has 3 rings (SSSR count). The van der Waals surface area contributed by atoms with Gasteiger partial charge < -0.3 is 9.64 Å². The van der Waals surface area contributed by atoms with E-state index in [0.717, 1.165) is 25.7 Å². The Kier molecular flexibility index (Phi) is 6.28. The molecule has 0 N–H and O–H groups in total. The fourth-order valence-electron chi connectivity index (χ4n) is 3.85. The van der Waals surface area contributed by atoms with Crippen LogP contribution in [-0.2, 0) is 14.3 Å². The highest BCUT2D eigenvalue weighted by Crippen LogP contribution is 2.37. The number of carbonyl (C=O) groups is 2. The van der Waals surface area contributed by atoms with E-state index in [1.165, 1.54) is 6.42 Å². The van der Waals surface area contributed by atoms with Gasteiger partial charge in [0.05, 0.1) is 17.8 Å². The molecule has 1 aliphatic carbocycles. The molecule has 1 amide bonds. The van der Waals surface area contributed by atoms with Gasteiger partial charge in [0.2, 0.25) is 0 Å². The van der Waals surface area contributed by atoms with E-state index in [-0.39, 0.29) is 18.6 Å². The first-order valence-corrected chi connectivity index (χ1v) is 10.1. The second-order valence-corrected chi connectivity index (χ2v) is 7.72. The summed E-state index contributed by atoms with van der Waals surface area (Å²) in [6.07, 6.45) is 6.95. The summed E-state index contributed by atoms with van der Waals surface area (Å²) in [5, 5.41) is 0.945. The maximum atomic E-state index is 13.3. The highest BCUT2D eigenvalue weighted by atomic mass is 35.5. The van der Waals surface area contributed by atoms with E-state index in [2.05, 4.69) is 0 Å². The summed E-state index contributed by atoms with van der Waals surface area (Å²) in [4.78, 5) is 27.7. The molecule has 0 radical (unpaired) electrons. The molecule has 1 saturated carbocycles. The molecule has 1 heterocycles. The Hall–Kier alpha value is -1.78. The lowest BCUT2D eigenvalue weighted by Crippen LogP contribution is -2.37. The number of carbonyl (C=O) groups excluding carboxylic acids is 2. The predicted octanol–water partition coefficient (Wildman–Crippen LogP) is 5.39.